The van der Waals surface area contributed by atoms with E-state index in [1.165, 1.54) is 9.08 Å². The predicted octanol–water partition coefficient (Wildman–Crippen LogP) is 1.67. The molecule has 0 saturated carbocycles. The number of hydrogen-bond acceptors (Lipinski definition) is 8. The van der Waals surface area contributed by atoms with Crippen LogP contribution in [0.25, 0.3) is 22.4 Å². The monoisotopic (exact) mass is 533 g/mol. The molecule has 13 nitrogen and oxygen atoms in total. The van der Waals surface area contributed by atoms with Crippen molar-refractivity contribution in [3.63, 3.8) is 0 Å². The second kappa shape index (κ2) is 9.52. The highest BCUT2D eigenvalue weighted by Crippen LogP contribution is 2.21. The maximum Gasteiger partial charge on any atom is 0.270 e. The number of nitrogens with two attached hydrogens (primary N) is 1. The number of fused-ring (bicyclic) bond motifs is 2. The molecule has 1 unspecified atom stereocenters. The molecule has 0 fully saturated rings. The van der Waals surface area contributed by atoms with E-state index in [0.29, 0.717) is 17.0 Å². The summed E-state index contributed by atoms with van der Waals surface area (Å²) in [7, 11) is 1.83. The average molecular weight is 534 g/mol. The number of aromatic amines is 1. The molecule has 198 valence electrons. The summed E-state index contributed by atoms with van der Waals surface area (Å²) < 4.78 is 4.59. The van der Waals surface area contributed by atoms with Crippen LogP contribution < -0.4 is 16.6 Å². The number of rotatable bonds is 4. The lowest BCUT2D eigenvalue weighted by Gasteiger charge is -2.18. The summed E-state index contributed by atoms with van der Waals surface area (Å²) in [5.41, 5.74) is 8.79. The first-order valence-corrected chi connectivity index (χ1v) is 12.3. The van der Waals surface area contributed by atoms with E-state index >= 15 is 0 Å². The summed E-state index contributed by atoms with van der Waals surface area (Å²) in [4.78, 5) is 36.2. The first-order valence-electron chi connectivity index (χ1n) is 12.3. The zero-order valence-electron chi connectivity index (χ0n) is 21.7. The van der Waals surface area contributed by atoms with Gasteiger partial charge in [0.2, 0.25) is 0 Å². The normalized spacial score (nSPS) is 11.9. The van der Waals surface area contributed by atoms with Crippen molar-refractivity contribution in [1.29, 1.82) is 0 Å². The Morgan fingerprint density at radius 2 is 1.98 bits per heavy atom. The molecule has 0 bridgehead atoms. The molecule has 1 aromatic carbocycles. The van der Waals surface area contributed by atoms with Crippen LogP contribution in [-0.2, 0) is 7.05 Å². The molecule has 5 aromatic heterocycles. The zero-order chi connectivity index (χ0) is 28.0. The van der Waals surface area contributed by atoms with Gasteiger partial charge in [-0.2, -0.15) is 10.2 Å². The summed E-state index contributed by atoms with van der Waals surface area (Å²) in [6, 6.07) is 9.98. The number of para-hydroxylation sites is 1. The van der Waals surface area contributed by atoms with E-state index in [1.54, 1.807) is 48.4 Å². The first kappa shape index (κ1) is 24.6. The molecule has 1 atom stereocenters. The number of anilines is 1. The van der Waals surface area contributed by atoms with E-state index < -0.39 is 11.9 Å². The van der Waals surface area contributed by atoms with E-state index in [4.69, 9.17) is 5.73 Å². The fraction of sp³-hybridized carbons (Fsp3) is 0.148. The van der Waals surface area contributed by atoms with Crippen LogP contribution in [0.4, 0.5) is 5.82 Å². The summed E-state index contributed by atoms with van der Waals surface area (Å²) in [5.74, 6) is 5.86. The van der Waals surface area contributed by atoms with Crippen LogP contribution in [0.2, 0.25) is 0 Å². The fourth-order valence-electron chi connectivity index (χ4n) is 4.40. The van der Waals surface area contributed by atoms with Gasteiger partial charge in [-0.05, 0) is 38.0 Å². The van der Waals surface area contributed by atoms with Crippen molar-refractivity contribution in [2.75, 3.05) is 5.73 Å². The number of nitrogens with zero attached hydrogens (tertiary/aromatic N) is 8. The van der Waals surface area contributed by atoms with Crippen LogP contribution >= 0.6 is 0 Å². The number of aryl methyl sites for hydroxylation is 1. The highest BCUT2D eigenvalue weighted by atomic mass is 16.2. The lowest BCUT2D eigenvalue weighted by Crippen LogP contribution is -2.33. The van der Waals surface area contributed by atoms with Crippen LogP contribution in [0.15, 0.2) is 59.8 Å². The fourth-order valence-corrected chi connectivity index (χ4v) is 4.40. The molecule has 6 aromatic rings. The second-order valence-electron chi connectivity index (χ2n) is 9.10. The topological polar surface area (TPSA) is 167 Å². The van der Waals surface area contributed by atoms with Crippen LogP contribution in [0.3, 0.4) is 0 Å². The van der Waals surface area contributed by atoms with Gasteiger partial charge in [0.1, 0.15) is 22.5 Å². The molecule has 0 spiro atoms. The van der Waals surface area contributed by atoms with Crippen LogP contribution in [-0.4, -0.2) is 50.0 Å². The number of H-pyrrole nitrogens is 1. The van der Waals surface area contributed by atoms with E-state index in [-0.39, 0.29) is 33.8 Å². The minimum atomic E-state index is -0.729. The Bertz CT molecular complexity index is 2040. The number of benzene rings is 1. The van der Waals surface area contributed by atoms with Gasteiger partial charge in [0.05, 0.1) is 29.2 Å². The Kier molecular flexibility index (Phi) is 5.84. The average Bonchev–Trinajstić information content (AvgIpc) is 3.62. The Morgan fingerprint density at radius 1 is 1.18 bits per heavy atom. The summed E-state index contributed by atoms with van der Waals surface area (Å²) in [6.45, 7) is 3.63. The van der Waals surface area contributed by atoms with Gasteiger partial charge in [0.25, 0.3) is 11.5 Å². The summed E-state index contributed by atoms with van der Waals surface area (Å²) >= 11 is 0. The number of nitrogens with one attached hydrogen (secondary N) is 2. The van der Waals surface area contributed by atoms with Crippen LogP contribution in [0.1, 0.15) is 46.1 Å². The maximum absolute atomic E-state index is 14.0. The quantitative estimate of drug-likeness (QED) is 0.288. The molecule has 40 heavy (non-hydrogen) atoms. The number of aromatic nitrogens is 9. The number of carbonyl (C=O) groups is 1. The van der Waals surface area contributed by atoms with Gasteiger partial charge in [-0.3, -0.25) is 23.9 Å². The maximum atomic E-state index is 14.0. The minimum absolute atomic E-state index is 0.0339. The molecule has 1 amide bonds. The van der Waals surface area contributed by atoms with Gasteiger partial charge in [-0.1, -0.05) is 24.1 Å². The third kappa shape index (κ3) is 4.04. The number of nitrogen functional groups attached to an aromatic ring is 1. The molecular weight excluding hydrogens is 510 g/mol. The van der Waals surface area contributed by atoms with Crippen molar-refractivity contribution in [3.05, 3.63) is 93.7 Å². The van der Waals surface area contributed by atoms with Crippen molar-refractivity contribution in [2.24, 2.45) is 7.05 Å². The molecule has 5 heterocycles. The van der Waals surface area contributed by atoms with Crippen LogP contribution in [0.5, 0.6) is 0 Å². The third-order valence-electron chi connectivity index (χ3n) is 6.57. The number of hydrogen-bond donors (Lipinski definition) is 3. The van der Waals surface area contributed by atoms with E-state index in [2.05, 4.69) is 47.5 Å². The zero-order valence-corrected chi connectivity index (χ0v) is 21.7. The molecule has 6 rings (SSSR count). The smallest absolute Gasteiger partial charge is 0.270 e. The van der Waals surface area contributed by atoms with E-state index in [9.17, 15) is 9.59 Å². The Morgan fingerprint density at radius 3 is 2.73 bits per heavy atom. The van der Waals surface area contributed by atoms with Crippen LogP contribution in [0, 0.1) is 18.8 Å². The SMILES string of the molecule is Cc1c(C#Cc2[nH]nc3nc(C(C)NC(=O)c4c(N)nn5cccnc45)n(-c4ccccc4)c(=O)c23)cnn1C. The molecule has 13 heteroatoms. The van der Waals surface area contributed by atoms with Crippen molar-refractivity contribution in [2.45, 2.75) is 19.9 Å². The largest absolute Gasteiger partial charge is 0.381 e. The van der Waals surface area contributed by atoms with E-state index in [1.807, 2.05) is 32.2 Å². The molecule has 0 aliphatic carbocycles. The lowest BCUT2D eigenvalue weighted by molar-refractivity contribution is 0.0940. The number of carbonyl (C=O) groups excluding carboxylic acids is 1. The summed E-state index contributed by atoms with van der Waals surface area (Å²) in [6.07, 6.45) is 4.86. The lowest BCUT2D eigenvalue weighted by atomic mass is 10.2. The van der Waals surface area contributed by atoms with Crippen molar-refractivity contribution < 1.29 is 4.79 Å². The molecule has 0 aliphatic rings. The standard InChI is InChI=1S/C27H23N11O2/c1-15(31-26(39)21-22(28)35-37-13-7-12-29-25(21)37)24-32-23-20(27(40)38(24)18-8-5-4-6-9-18)19(33-34-23)11-10-17-14-30-36(3)16(17)2/h4-9,12-15H,1-3H3,(H2,28,35)(H,31,39)(H,33,34). The van der Waals surface area contributed by atoms with Gasteiger partial charge in [0, 0.05) is 19.4 Å². The Hall–Kier alpha value is -5.77. The molecule has 0 saturated heterocycles. The molecule has 4 N–H and O–H groups in total. The molecule has 0 aliphatic heterocycles. The number of amides is 1. The van der Waals surface area contributed by atoms with Crippen molar-refractivity contribution >= 4 is 28.4 Å². The molecular formula is C27H23N11O2. The van der Waals surface area contributed by atoms with Crippen molar-refractivity contribution in [1.82, 2.24) is 49.4 Å². The highest BCUT2D eigenvalue weighted by Gasteiger charge is 2.25. The Balaban J connectivity index is 1.45. The van der Waals surface area contributed by atoms with Gasteiger partial charge in [-0.25, -0.2) is 14.5 Å². The minimum Gasteiger partial charge on any atom is -0.381 e. The first-order chi connectivity index (χ1) is 19.3. The Labute approximate surface area is 226 Å². The van der Waals surface area contributed by atoms with Gasteiger partial charge in [0.15, 0.2) is 17.1 Å². The van der Waals surface area contributed by atoms with E-state index in [0.717, 1.165) is 11.3 Å². The summed E-state index contributed by atoms with van der Waals surface area (Å²) in [5, 5.41) is 18.6. The van der Waals surface area contributed by atoms with Gasteiger partial charge >= 0.3 is 0 Å². The predicted molar refractivity (Wildman–Crippen MR) is 147 cm³/mol. The van der Waals surface area contributed by atoms with Gasteiger partial charge < -0.3 is 11.1 Å². The van der Waals surface area contributed by atoms with Gasteiger partial charge in [-0.15, -0.1) is 5.10 Å². The molecule has 0 radical (unpaired) electrons. The van der Waals surface area contributed by atoms with Crippen molar-refractivity contribution in [3.8, 4) is 17.5 Å². The third-order valence-corrected chi connectivity index (χ3v) is 6.57. The highest BCUT2D eigenvalue weighted by molar-refractivity contribution is 6.04. The second-order valence-corrected chi connectivity index (χ2v) is 9.10.